The lowest BCUT2D eigenvalue weighted by Crippen LogP contribution is -2.36. The number of likely N-dealkylation sites (tertiary alicyclic amines) is 1. The van der Waals surface area contributed by atoms with Gasteiger partial charge >= 0.3 is 0 Å². The van der Waals surface area contributed by atoms with Gasteiger partial charge in [0.05, 0.1) is 6.04 Å². The fourth-order valence-corrected chi connectivity index (χ4v) is 3.18. The molecule has 3 aromatic rings. The number of furan rings is 1. The monoisotopic (exact) mass is 352 g/mol. The van der Waals surface area contributed by atoms with Crippen molar-refractivity contribution >= 4 is 22.8 Å². The quantitative estimate of drug-likeness (QED) is 0.785. The molecule has 1 atom stereocenters. The summed E-state index contributed by atoms with van der Waals surface area (Å²) in [6, 6.07) is 14.9. The first-order chi connectivity index (χ1) is 12.6. The largest absolute Gasteiger partial charge is 0.451 e. The van der Waals surface area contributed by atoms with Gasteiger partial charge in [-0.1, -0.05) is 30.3 Å². The fourth-order valence-electron chi connectivity index (χ4n) is 3.18. The second-order valence-corrected chi connectivity index (χ2v) is 6.42. The fraction of sp³-hybridized carbons (Fsp3) is 0.200. The standard InChI is InChI=1S/C20H17FN2O3/c21-15-7-5-13(6-8-15)11-23-12-16(10-19(23)24)22-20(25)18-9-14-3-1-2-4-17(14)26-18/h1-9,16H,10-12H2,(H,22,25). The van der Waals surface area contributed by atoms with E-state index in [1.54, 1.807) is 29.2 Å². The summed E-state index contributed by atoms with van der Waals surface area (Å²) in [6.07, 6.45) is 0.243. The summed E-state index contributed by atoms with van der Waals surface area (Å²) in [5, 5.41) is 3.72. The van der Waals surface area contributed by atoms with Crippen molar-refractivity contribution in [1.82, 2.24) is 10.2 Å². The molecule has 5 nitrogen and oxygen atoms in total. The number of halogens is 1. The molecule has 2 amide bonds. The molecule has 0 saturated carbocycles. The van der Waals surface area contributed by atoms with Gasteiger partial charge in [0.1, 0.15) is 11.4 Å². The molecule has 1 N–H and O–H groups in total. The molecule has 4 rings (SSSR count). The van der Waals surface area contributed by atoms with Gasteiger partial charge in [-0.25, -0.2) is 4.39 Å². The van der Waals surface area contributed by atoms with E-state index in [2.05, 4.69) is 5.32 Å². The van der Waals surface area contributed by atoms with Crippen LogP contribution < -0.4 is 5.32 Å². The van der Waals surface area contributed by atoms with Gasteiger partial charge in [0.25, 0.3) is 5.91 Å². The van der Waals surface area contributed by atoms with E-state index >= 15 is 0 Å². The van der Waals surface area contributed by atoms with E-state index in [1.165, 1.54) is 12.1 Å². The number of hydrogen-bond donors (Lipinski definition) is 1. The van der Waals surface area contributed by atoms with E-state index in [4.69, 9.17) is 4.42 Å². The van der Waals surface area contributed by atoms with Crippen LogP contribution in [0.25, 0.3) is 11.0 Å². The average molecular weight is 352 g/mol. The minimum atomic E-state index is -0.331. The smallest absolute Gasteiger partial charge is 0.287 e. The number of nitrogens with zero attached hydrogens (tertiary/aromatic N) is 1. The summed E-state index contributed by atoms with van der Waals surface area (Å²) >= 11 is 0. The average Bonchev–Trinajstić information content (AvgIpc) is 3.20. The van der Waals surface area contributed by atoms with Crippen LogP contribution in [0.3, 0.4) is 0 Å². The minimum absolute atomic E-state index is 0.0377. The van der Waals surface area contributed by atoms with Crippen molar-refractivity contribution in [2.24, 2.45) is 0 Å². The van der Waals surface area contributed by atoms with Crippen LogP contribution in [0.2, 0.25) is 0 Å². The Labute approximate surface area is 149 Å². The van der Waals surface area contributed by atoms with E-state index in [-0.39, 0.29) is 35.9 Å². The second kappa shape index (κ2) is 6.63. The molecule has 132 valence electrons. The Bertz CT molecular complexity index is 932. The molecule has 1 aromatic heterocycles. The molecular formula is C20H17FN2O3. The molecule has 1 aliphatic rings. The number of carbonyl (C=O) groups is 2. The van der Waals surface area contributed by atoms with Crippen LogP contribution in [0.5, 0.6) is 0 Å². The second-order valence-electron chi connectivity index (χ2n) is 6.42. The lowest BCUT2D eigenvalue weighted by atomic mass is 10.2. The highest BCUT2D eigenvalue weighted by Crippen LogP contribution is 2.20. The molecule has 2 aromatic carbocycles. The van der Waals surface area contributed by atoms with Gasteiger partial charge in [-0.3, -0.25) is 9.59 Å². The molecule has 1 fully saturated rings. The Morgan fingerprint density at radius 1 is 1.19 bits per heavy atom. The van der Waals surface area contributed by atoms with Crippen molar-refractivity contribution in [3.8, 4) is 0 Å². The number of hydrogen-bond acceptors (Lipinski definition) is 3. The van der Waals surface area contributed by atoms with Gasteiger partial charge in [0, 0.05) is 24.9 Å². The molecular weight excluding hydrogens is 335 g/mol. The van der Waals surface area contributed by atoms with Crippen LogP contribution in [-0.2, 0) is 11.3 Å². The van der Waals surface area contributed by atoms with Gasteiger partial charge in [-0.2, -0.15) is 0 Å². The Morgan fingerprint density at radius 3 is 2.73 bits per heavy atom. The van der Waals surface area contributed by atoms with Gasteiger partial charge in [0.2, 0.25) is 5.91 Å². The Morgan fingerprint density at radius 2 is 1.96 bits per heavy atom. The molecule has 1 unspecified atom stereocenters. The van der Waals surface area contributed by atoms with Gasteiger partial charge in [0.15, 0.2) is 5.76 Å². The van der Waals surface area contributed by atoms with E-state index in [1.807, 2.05) is 18.2 Å². The van der Waals surface area contributed by atoms with Crippen molar-refractivity contribution < 1.29 is 18.4 Å². The topological polar surface area (TPSA) is 62.6 Å². The number of amides is 2. The van der Waals surface area contributed by atoms with Crippen LogP contribution in [0.1, 0.15) is 22.5 Å². The van der Waals surface area contributed by atoms with E-state index in [9.17, 15) is 14.0 Å². The van der Waals surface area contributed by atoms with Gasteiger partial charge in [-0.05, 0) is 29.8 Å². The van der Waals surface area contributed by atoms with Crippen LogP contribution in [0.4, 0.5) is 4.39 Å². The molecule has 26 heavy (non-hydrogen) atoms. The maximum atomic E-state index is 13.0. The number of rotatable bonds is 4. The normalized spacial score (nSPS) is 17.0. The predicted molar refractivity (Wildman–Crippen MR) is 93.9 cm³/mol. The summed E-state index contributed by atoms with van der Waals surface area (Å²) in [5.74, 6) is -0.444. The first-order valence-electron chi connectivity index (χ1n) is 8.40. The Balaban J connectivity index is 1.40. The molecule has 6 heteroatoms. The third-order valence-electron chi connectivity index (χ3n) is 4.49. The Kier molecular flexibility index (Phi) is 4.16. The number of nitrogens with one attached hydrogen (secondary N) is 1. The van der Waals surface area contributed by atoms with Crippen LogP contribution in [-0.4, -0.2) is 29.3 Å². The van der Waals surface area contributed by atoms with Crippen LogP contribution in [0.15, 0.2) is 59.0 Å². The molecule has 0 radical (unpaired) electrons. The molecule has 1 saturated heterocycles. The lowest BCUT2D eigenvalue weighted by Gasteiger charge is -2.17. The van der Waals surface area contributed by atoms with Crippen molar-refractivity contribution in [3.63, 3.8) is 0 Å². The molecule has 2 heterocycles. The summed E-state index contributed by atoms with van der Waals surface area (Å²) in [4.78, 5) is 26.3. The van der Waals surface area contributed by atoms with Crippen LogP contribution in [0, 0.1) is 5.82 Å². The van der Waals surface area contributed by atoms with E-state index < -0.39 is 0 Å². The minimum Gasteiger partial charge on any atom is -0.451 e. The summed E-state index contributed by atoms with van der Waals surface area (Å²) in [6.45, 7) is 0.818. The maximum Gasteiger partial charge on any atom is 0.287 e. The van der Waals surface area contributed by atoms with Crippen LogP contribution >= 0.6 is 0 Å². The highest BCUT2D eigenvalue weighted by Gasteiger charge is 2.31. The lowest BCUT2D eigenvalue weighted by molar-refractivity contribution is -0.128. The molecule has 0 bridgehead atoms. The maximum absolute atomic E-state index is 13.0. The van der Waals surface area contributed by atoms with E-state index in [0.29, 0.717) is 18.7 Å². The first kappa shape index (κ1) is 16.3. The van der Waals surface area contributed by atoms with Crippen molar-refractivity contribution in [1.29, 1.82) is 0 Å². The highest BCUT2D eigenvalue weighted by atomic mass is 19.1. The van der Waals surface area contributed by atoms with Gasteiger partial charge in [-0.15, -0.1) is 0 Å². The summed E-state index contributed by atoms with van der Waals surface area (Å²) in [7, 11) is 0. The number of para-hydroxylation sites is 1. The first-order valence-corrected chi connectivity index (χ1v) is 8.40. The zero-order valence-corrected chi connectivity index (χ0v) is 13.9. The number of fused-ring (bicyclic) bond motifs is 1. The van der Waals surface area contributed by atoms with Crippen molar-refractivity contribution in [3.05, 3.63) is 71.7 Å². The molecule has 1 aliphatic heterocycles. The zero-order chi connectivity index (χ0) is 18.1. The highest BCUT2D eigenvalue weighted by molar-refractivity contribution is 5.96. The van der Waals surface area contributed by atoms with Crippen molar-refractivity contribution in [2.75, 3.05) is 6.54 Å². The van der Waals surface area contributed by atoms with Crippen molar-refractivity contribution in [2.45, 2.75) is 19.0 Å². The number of carbonyl (C=O) groups excluding carboxylic acids is 2. The van der Waals surface area contributed by atoms with Gasteiger partial charge < -0.3 is 14.6 Å². The molecule has 0 spiro atoms. The summed E-state index contributed by atoms with van der Waals surface area (Å²) < 4.78 is 18.5. The summed E-state index contributed by atoms with van der Waals surface area (Å²) in [5.41, 5.74) is 1.50. The predicted octanol–water partition coefficient (Wildman–Crippen LogP) is 3.10. The third kappa shape index (κ3) is 3.31. The zero-order valence-electron chi connectivity index (χ0n) is 13.9. The third-order valence-corrected chi connectivity index (χ3v) is 4.49. The van der Waals surface area contributed by atoms with E-state index in [0.717, 1.165) is 10.9 Å². The SMILES string of the molecule is O=C(NC1CC(=O)N(Cc2ccc(F)cc2)C1)c1cc2ccccc2o1. The molecule has 0 aliphatic carbocycles. The Hall–Kier alpha value is -3.15. The number of benzene rings is 2.